The highest BCUT2D eigenvalue weighted by atomic mass is 35.5. The van der Waals surface area contributed by atoms with Crippen LogP contribution >= 0.6 is 23.2 Å². The molecule has 1 amide bonds. The van der Waals surface area contributed by atoms with Crippen LogP contribution in [0.5, 0.6) is 0 Å². The Morgan fingerprint density at radius 3 is 2.04 bits per heavy atom. The number of rotatable bonds is 6. The first-order valence-corrected chi connectivity index (χ1v) is 9.75. The van der Waals surface area contributed by atoms with Crippen molar-refractivity contribution in [2.24, 2.45) is 0 Å². The summed E-state index contributed by atoms with van der Waals surface area (Å²) < 4.78 is 99.5. The Hall–Kier alpha value is -1.24. The molecule has 0 bridgehead atoms. The number of carbonyl (C=O) groups excluding carboxylic acids is 1. The van der Waals surface area contributed by atoms with Gasteiger partial charge in [0.25, 0.3) is 11.5 Å². The first-order chi connectivity index (χ1) is 12.5. The molecular weight excluding hydrogens is 463 g/mol. The summed E-state index contributed by atoms with van der Waals surface area (Å²) >= 11 is 11.6. The number of halogens is 8. The van der Waals surface area contributed by atoms with Gasteiger partial charge in [0.05, 0.1) is 26.3 Å². The maximum atomic E-state index is 12.6. The van der Waals surface area contributed by atoms with E-state index in [4.69, 9.17) is 28.3 Å². The van der Waals surface area contributed by atoms with E-state index in [9.17, 15) is 39.6 Å². The summed E-state index contributed by atoms with van der Waals surface area (Å²) in [4.78, 5) is 11.6. The van der Waals surface area contributed by atoms with Crippen molar-refractivity contribution in [3.63, 3.8) is 0 Å². The lowest BCUT2D eigenvalue weighted by atomic mass is 9.98. The van der Waals surface area contributed by atoms with E-state index in [2.05, 4.69) is 0 Å². The maximum absolute atomic E-state index is 12.6. The topological polar surface area (TPSA) is 83.5 Å². The molecule has 28 heavy (non-hydrogen) atoms. The largest absolute Gasteiger partial charge is 0.426 e. The molecule has 0 aromatic heterocycles. The Bertz CT molecular complexity index is 841. The van der Waals surface area contributed by atoms with Crippen molar-refractivity contribution in [1.29, 1.82) is 0 Å². The van der Waals surface area contributed by atoms with E-state index in [1.165, 1.54) is 6.92 Å². The third kappa shape index (κ3) is 4.84. The van der Waals surface area contributed by atoms with Gasteiger partial charge in [-0.1, -0.05) is 30.1 Å². The van der Waals surface area contributed by atoms with Gasteiger partial charge in [0.1, 0.15) is 0 Å². The van der Waals surface area contributed by atoms with Crippen molar-refractivity contribution >= 4 is 38.9 Å². The summed E-state index contributed by atoms with van der Waals surface area (Å²) in [5, 5.41) is 9.74. The lowest BCUT2D eigenvalue weighted by molar-refractivity contribution is -0.369. The van der Waals surface area contributed by atoms with Gasteiger partial charge in [-0.2, -0.15) is 26.3 Å². The molecule has 0 aliphatic carbocycles. The number of alkyl halides is 6. The Kier molecular flexibility index (Phi) is 7.30. The van der Waals surface area contributed by atoms with E-state index in [0.29, 0.717) is 0 Å². The number of carbonyl (C=O) groups is 1. The van der Waals surface area contributed by atoms with Gasteiger partial charge in [-0.15, -0.1) is 0 Å². The lowest BCUT2D eigenvalue weighted by Gasteiger charge is -2.32. The molecule has 0 unspecified atom stereocenters. The number of amides is 1. The quantitative estimate of drug-likeness (QED) is 0.613. The Balaban J connectivity index is 3.12. The first kappa shape index (κ1) is 24.8. The van der Waals surface area contributed by atoms with E-state index >= 15 is 0 Å². The van der Waals surface area contributed by atoms with Gasteiger partial charge >= 0.3 is 12.4 Å². The normalized spacial score (nSPS) is 13.5. The Morgan fingerprint density at radius 1 is 1.11 bits per heavy atom. The van der Waals surface area contributed by atoms with Crippen LogP contribution in [-0.2, 0) is 9.84 Å². The predicted molar refractivity (Wildman–Crippen MR) is 88.2 cm³/mol. The first-order valence-electron chi connectivity index (χ1n) is 7.34. The summed E-state index contributed by atoms with van der Waals surface area (Å²) in [7, 11) is -3.89. The average molecular weight is 476 g/mol. The van der Waals surface area contributed by atoms with Crippen molar-refractivity contribution in [3.05, 3.63) is 27.7 Å². The third-order valence-electron chi connectivity index (χ3n) is 3.71. The van der Waals surface area contributed by atoms with Gasteiger partial charge in [0, 0.05) is 13.0 Å². The second-order valence-electron chi connectivity index (χ2n) is 5.50. The Labute approximate surface area is 165 Å². The zero-order valence-electron chi connectivity index (χ0n) is 13.9. The smallest absolute Gasteiger partial charge is 0.374 e. The SMILES string of the molecule is CCS(=O)(=O)c1ccc(Cl)c(C(=O)NCCC(O)(C(F)(F)F)C(F)(F)F)c1Cl. The molecule has 160 valence electrons. The molecule has 1 rings (SSSR count). The summed E-state index contributed by atoms with van der Waals surface area (Å²) in [6, 6.07) is 2.00. The second-order valence-corrected chi connectivity index (χ2v) is 8.53. The molecule has 1 aromatic rings. The molecule has 2 N–H and O–H groups in total. The van der Waals surface area contributed by atoms with E-state index in [1.807, 2.05) is 0 Å². The molecular formula is C14H13Cl2F6NO4S. The van der Waals surface area contributed by atoms with Crippen LogP contribution in [0, 0.1) is 0 Å². The zero-order chi connectivity index (χ0) is 22.1. The van der Waals surface area contributed by atoms with E-state index in [-0.39, 0.29) is 10.8 Å². The van der Waals surface area contributed by atoms with Crippen molar-refractivity contribution in [1.82, 2.24) is 5.32 Å². The number of benzene rings is 1. The van der Waals surface area contributed by atoms with Crippen LogP contribution in [0.25, 0.3) is 0 Å². The molecule has 0 spiro atoms. The fourth-order valence-electron chi connectivity index (χ4n) is 2.03. The monoisotopic (exact) mass is 475 g/mol. The van der Waals surface area contributed by atoms with Crippen molar-refractivity contribution < 1.29 is 44.7 Å². The van der Waals surface area contributed by atoms with E-state index in [1.54, 1.807) is 5.32 Å². The summed E-state index contributed by atoms with van der Waals surface area (Å²) in [5.74, 6) is -1.70. The Morgan fingerprint density at radius 2 is 1.61 bits per heavy atom. The number of nitrogens with one attached hydrogen (secondary N) is 1. The van der Waals surface area contributed by atoms with Crippen LogP contribution in [-0.4, -0.2) is 49.7 Å². The van der Waals surface area contributed by atoms with Gasteiger partial charge in [-0.25, -0.2) is 8.42 Å². The van der Waals surface area contributed by atoms with Gasteiger partial charge < -0.3 is 10.4 Å². The molecule has 0 aliphatic heterocycles. The minimum Gasteiger partial charge on any atom is -0.374 e. The minimum atomic E-state index is -6.04. The molecule has 0 saturated heterocycles. The molecule has 0 atom stereocenters. The minimum absolute atomic E-state index is 0.376. The van der Waals surface area contributed by atoms with Crippen molar-refractivity contribution in [3.8, 4) is 0 Å². The van der Waals surface area contributed by atoms with Crippen LogP contribution in [0.15, 0.2) is 17.0 Å². The van der Waals surface area contributed by atoms with E-state index in [0.717, 1.165) is 12.1 Å². The predicted octanol–water partition coefficient (Wildman–Crippen LogP) is 3.76. The summed E-state index contributed by atoms with van der Waals surface area (Å²) in [6.07, 6.45) is -14.0. The van der Waals surface area contributed by atoms with Crippen LogP contribution < -0.4 is 5.32 Å². The van der Waals surface area contributed by atoms with Gasteiger partial charge in [0.2, 0.25) is 0 Å². The number of sulfone groups is 1. The summed E-state index contributed by atoms with van der Waals surface area (Å²) in [5.41, 5.74) is -5.69. The second kappa shape index (κ2) is 8.25. The van der Waals surface area contributed by atoms with Crippen LogP contribution in [0.1, 0.15) is 23.7 Å². The number of aliphatic hydroxyl groups is 1. The molecule has 0 fully saturated rings. The number of hydrogen-bond donors (Lipinski definition) is 2. The van der Waals surface area contributed by atoms with Crippen LogP contribution in [0.2, 0.25) is 10.0 Å². The molecule has 0 heterocycles. The highest BCUT2D eigenvalue weighted by Crippen LogP contribution is 2.45. The van der Waals surface area contributed by atoms with Gasteiger partial charge in [-0.3, -0.25) is 4.79 Å². The van der Waals surface area contributed by atoms with Crippen molar-refractivity contribution in [2.75, 3.05) is 12.3 Å². The fourth-order valence-corrected chi connectivity index (χ4v) is 3.88. The molecule has 0 saturated carbocycles. The van der Waals surface area contributed by atoms with Gasteiger partial charge in [0.15, 0.2) is 9.84 Å². The van der Waals surface area contributed by atoms with Crippen molar-refractivity contribution in [2.45, 2.75) is 36.2 Å². The molecule has 1 aromatic carbocycles. The van der Waals surface area contributed by atoms with Crippen LogP contribution in [0.4, 0.5) is 26.3 Å². The number of hydrogen-bond acceptors (Lipinski definition) is 4. The third-order valence-corrected chi connectivity index (χ3v) is 6.30. The van der Waals surface area contributed by atoms with Gasteiger partial charge in [-0.05, 0) is 12.1 Å². The van der Waals surface area contributed by atoms with E-state index < -0.39 is 62.1 Å². The standard InChI is InChI=1S/C14H13Cl2F6NO4S/c1-2-28(26,27)8-4-3-7(15)9(10(8)16)11(24)23-6-5-12(25,13(17,18)19)14(20,21)22/h3-4,25H,2,5-6H2,1H3,(H,23,24). The maximum Gasteiger partial charge on any atom is 0.426 e. The molecule has 5 nitrogen and oxygen atoms in total. The van der Waals surface area contributed by atoms with Crippen LogP contribution in [0.3, 0.4) is 0 Å². The highest BCUT2D eigenvalue weighted by Gasteiger charge is 2.69. The molecule has 0 radical (unpaired) electrons. The average Bonchev–Trinajstić information content (AvgIpc) is 2.52. The lowest BCUT2D eigenvalue weighted by Crippen LogP contribution is -2.58. The summed E-state index contributed by atoms with van der Waals surface area (Å²) in [6.45, 7) is 0.0287. The fraction of sp³-hybridized carbons (Fsp3) is 0.500. The highest BCUT2D eigenvalue weighted by molar-refractivity contribution is 7.91. The molecule has 0 aliphatic rings. The molecule has 14 heteroatoms. The zero-order valence-corrected chi connectivity index (χ0v) is 16.2.